The van der Waals surface area contributed by atoms with Gasteiger partial charge in [0.1, 0.15) is 0 Å². The van der Waals surface area contributed by atoms with Crippen LogP contribution in [0.25, 0.3) is 0 Å². The van der Waals surface area contributed by atoms with Gasteiger partial charge in [0, 0.05) is 31.4 Å². The SMILES string of the molecule is CN(Cc1cccc(C#CCN)c1)C1CCOCC1. The largest absolute Gasteiger partial charge is 0.381 e. The van der Waals surface area contributed by atoms with E-state index < -0.39 is 0 Å². The highest BCUT2D eigenvalue weighted by Gasteiger charge is 2.18. The van der Waals surface area contributed by atoms with Crippen molar-refractivity contribution < 1.29 is 4.74 Å². The summed E-state index contributed by atoms with van der Waals surface area (Å²) in [6, 6.07) is 9.03. The Bertz CT molecular complexity index is 455. The molecular formula is C16H22N2O. The molecule has 1 aliphatic heterocycles. The van der Waals surface area contributed by atoms with Crippen LogP contribution in [0.15, 0.2) is 24.3 Å². The van der Waals surface area contributed by atoms with Gasteiger partial charge in [0.05, 0.1) is 6.54 Å². The highest BCUT2D eigenvalue weighted by Crippen LogP contribution is 2.16. The van der Waals surface area contributed by atoms with Crippen LogP contribution in [0, 0.1) is 11.8 Å². The smallest absolute Gasteiger partial charge is 0.0555 e. The Morgan fingerprint density at radius 1 is 1.37 bits per heavy atom. The zero-order chi connectivity index (χ0) is 13.5. The predicted octanol–water partition coefficient (Wildman–Crippen LogP) is 1.61. The first-order chi connectivity index (χ1) is 9.29. The molecule has 0 aliphatic carbocycles. The van der Waals surface area contributed by atoms with Crippen molar-refractivity contribution in [1.29, 1.82) is 0 Å². The minimum absolute atomic E-state index is 0.409. The van der Waals surface area contributed by atoms with Crippen molar-refractivity contribution in [2.75, 3.05) is 26.8 Å². The van der Waals surface area contributed by atoms with Gasteiger partial charge >= 0.3 is 0 Å². The minimum atomic E-state index is 0.409. The molecule has 0 atom stereocenters. The van der Waals surface area contributed by atoms with Gasteiger partial charge in [0.2, 0.25) is 0 Å². The van der Waals surface area contributed by atoms with Crippen LogP contribution >= 0.6 is 0 Å². The third-order valence-electron chi connectivity index (χ3n) is 3.51. The first-order valence-electron chi connectivity index (χ1n) is 6.85. The molecule has 0 unspecified atom stereocenters. The zero-order valence-corrected chi connectivity index (χ0v) is 11.6. The van der Waals surface area contributed by atoms with E-state index in [1.165, 1.54) is 5.56 Å². The molecule has 1 aliphatic rings. The normalized spacial score (nSPS) is 16.2. The summed E-state index contributed by atoms with van der Waals surface area (Å²) >= 11 is 0. The maximum Gasteiger partial charge on any atom is 0.0555 e. The van der Waals surface area contributed by atoms with Gasteiger partial charge in [-0.25, -0.2) is 0 Å². The van der Waals surface area contributed by atoms with Gasteiger partial charge in [-0.3, -0.25) is 4.90 Å². The molecule has 0 bridgehead atoms. The lowest BCUT2D eigenvalue weighted by Crippen LogP contribution is -2.36. The van der Waals surface area contributed by atoms with Crippen LogP contribution in [0.5, 0.6) is 0 Å². The predicted molar refractivity (Wildman–Crippen MR) is 77.7 cm³/mol. The zero-order valence-electron chi connectivity index (χ0n) is 11.6. The molecule has 1 fully saturated rings. The third-order valence-corrected chi connectivity index (χ3v) is 3.51. The van der Waals surface area contributed by atoms with E-state index in [4.69, 9.17) is 10.5 Å². The van der Waals surface area contributed by atoms with Gasteiger partial charge in [0.25, 0.3) is 0 Å². The number of ether oxygens (including phenoxy) is 1. The summed E-state index contributed by atoms with van der Waals surface area (Å²) in [6.07, 6.45) is 2.26. The number of hydrogen-bond acceptors (Lipinski definition) is 3. The molecule has 3 nitrogen and oxygen atoms in total. The summed E-state index contributed by atoms with van der Waals surface area (Å²) in [5.41, 5.74) is 7.75. The van der Waals surface area contributed by atoms with Crippen LogP contribution in [-0.4, -0.2) is 37.7 Å². The Morgan fingerprint density at radius 3 is 2.89 bits per heavy atom. The second-order valence-corrected chi connectivity index (χ2v) is 4.96. The monoisotopic (exact) mass is 258 g/mol. The number of rotatable bonds is 3. The van der Waals surface area contributed by atoms with E-state index >= 15 is 0 Å². The topological polar surface area (TPSA) is 38.5 Å². The molecule has 1 aromatic rings. The van der Waals surface area contributed by atoms with E-state index in [1.54, 1.807) is 0 Å². The average Bonchev–Trinajstić information content (AvgIpc) is 2.46. The van der Waals surface area contributed by atoms with Crippen LogP contribution in [0.1, 0.15) is 24.0 Å². The summed E-state index contributed by atoms with van der Waals surface area (Å²) in [5.74, 6) is 5.98. The molecule has 0 aromatic heterocycles. The average molecular weight is 258 g/mol. The highest BCUT2D eigenvalue weighted by atomic mass is 16.5. The van der Waals surface area contributed by atoms with E-state index in [-0.39, 0.29) is 0 Å². The molecule has 2 rings (SSSR count). The van der Waals surface area contributed by atoms with Crippen molar-refractivity contribution in [3.8, 4) is 11.8 Å². The lowest BCUT2D eigenvalue weighted by molar-refractivity contribution is 0.0407. The second kappa shape index (κ2) is 7.30. The third kappa shape index (κ3) is 4.36. The van der Waals surface area contributed by atoms with Crippen LogP contribution in [0.4, 0.5) is 0 Å². The van der Waals surface area contributed by atoms with Crippen LogP contribution < -0.4 is 5.73 Å². The number of nitrogens with zero attached hydrogens (tertiary/aromatic N) is 1. The summed E-state index contributed by atoms with van der Waals surface area (Å²) in [6.45, 7) is 3.14. The first kappa shape index (κ1) is 14.1. The van der Waals surface area contributed by atoms with Crippen molar-refractivity contribution in [3.63, 3.8) is 0 Å². The maximum absolute atomic E-state index is 5.41. The summed E-state index contributed by atoms with van der Waals surface area (Å²) in [4.78, 5) is 2.41. The fraction of sp³-hybridized carbons (Fsp3) is 0.500. The van der Waals surface area contributed by atoms with E-state index in [2.05, 4.69) is 42.0 Å². The number of hydrogen-bond donors (Lipinski definition) is 1. The molecule has 1 saturated heterocycles. The van der Waals surface area contributed by atoms with Crippen molar-refractivity contribution >= 4 is 0 Å². The van der Waals surface area contributed by atoms with Crippen molar-refractivity contribution in [3.05, 3.63) is 35.4 Å². The summed E-state index contributed by atoms with van der Waals surface area (Å²) in [5, 5.41) is 0. The molecule has 0 amide bonds. The van der Waals surface area contributed by atoms with Gasteiger partial charge in [-0.15, -0.1) is 0 Å². The molecule has 102 valence electrons. The fourth-order valence-electron chi connectivity index (χ4n) is 2.44. The molecule has 0 saturated carbocycles. The molecular weight excluding hydrogens is 236 g/mol. The highest BCUT2D eigenvalue weighted by molar-refractivity contribution is 5.37. The van der Waals surface area contributed by atoms with Crippen LogP contribution in [-0.2, 0) is 11.3 Å². The summed E-state index contributed by atoms with van der Waals surface area (Å²) in [7, 11) is 2.19. The molecule has 2 N–H and O–H groups in total. The van der Waals surface area contributed by atoms with Crippen LogP contribution in [0.3, 0.4) is 0 Å². The second-order valence-electron chi connectivity index (χ2n) is 4.96. The standard InChI is InChI=1S/C16H22N2O/c1-18(16-7-10-19-11-8-16)13-15-5-2-4-14(12-15)6-3-9-17/h2,4-5,12,16H,7-11,13,17H2,1H3. The van der Waals surface area contributed by atoms with Gasteiger partial charge < -0.3 is 10.5 Å². The molecule has 3 heteroatoms. The van der Waals surface area contributed by atoms with Crippen molar-refractivity contribution in [1.82, 2.24) is 4.90 Å². The van der Waals surface area contributed by atoms with Crippen molar-refractivity contribution in [2.24, 2.45) is 5.73 Å². The first-order valence-corrected chi connectivity index (χ1v) is 6.85. The van der Waals surface area contributed by atoms with Gasteiger partial charge in [0.15, 0.2) is 0 Å². The molecule has 19 heavy (non-hydrogen) atoms. The lowest BCUT2D eigenvalue weighted by Gasteiger charge is -2.31. The number of nitrogens with two attached hydrogens (primary N) is 1. The Morgan fingerprint density at radius 2 is 2.16 bits per heavy atom. The maximum atomic E-state index is 5.41. The van der Waals surface area contributed by atoms with Crippen LogP contribution in [0.2, 0.25) is 0 Å². The Kier molecular flexibility index (Phi) is 5.41. The number of benzene rings is 1. The van der Waals surface area contributed by atoms with E-state index in [0.29, 0.717) is 12.6 Å². The Labute approximate surface area is 115 Å². The molecule has 1 aromatic carbocycles. The van der Waals surface area contributed by atoms with Crippen molar-refractivity contribution in [2.45, 2.75) is 25.4 Å². The minimum Gasteiger partial charge on any atom is -0.381 e. The van der Waals surface area contributed by atoms with Gasteiger partial charge in [-0.2, -0.15) is 0 Å². The Balaban J connectivity index is 1.97. The lowest BCUT2D eigenvalue weighted by atomic mass is 10.1. The quantitative estimate of drug-likeness (QED) is 0.837. The summed E-state index contributed by atoms with van der Waals surface area (Å²) < 4.78 is 5.41. The molecule has 0 radical (unpaired) electrons. The van der Waals surface area contributed by atoms with Gasteiger partial charge in [-0.1, -0.05) is 24.0 Å². The molecule has 0 spiro atoms. The molecule has 1 heterocycles. The van der Waals surface area contributed by atoms with E-state index in [0.717, 1.165) is 38.2 Å². The van der Waals surface area contributed by atoms with E-state index in [1.807, 2.05) is 6.07 Å². The van der Waals surface area contributed by atoms with E-state index in [9.17, 15) is 0 Å². The fourth-order valence-corrected chi connectivity index (χ4v) is 2.44. The van der Waals surface area contributed by atoms with Gasteiger partial charge in [-0.05, 0) is 37.6 Å². The Hall–Kier alpha value is -1.34.